The van der Waals surface area contributed by atoms with Gasteiger partial charge in [-0.1, -0.05) is 28.1 Å². The van der Waals surface area contributed by atoms with Crippen molar-refractivity contribution < 1.29 is 4.79 Å². The van der Waals surface area contributed by atoms with Crippen LogP contribution < -0.4 is 10.9 Å². The van der Waals surface area contributed by atoms with Crippen LogP contribution in [0.4, 0.5) is 0 Å². The first-order chi connectivity index (χ1) is 10.0. The topological polar surface area (TPSA) is 85.8 Å². The van der Waals surface area contributed by atoms with Crippen LogP contribution in [0.15, 0.2) is 45.7 Å². The molecule has 0 aliphatic rings. The van der Waals surface area contributed by atoms with Crippen LogP contribution in [0.1, 0.15) is 27.7 Å². The number of aromatic amines is 1. The van der Waals surface area contributed by atoms with Crippen LogP contribution in [0.25, 0.3) is 0 Å². The summed E-state index contributed by atoms with van der Waals surface area (Å²) in [6.07, 6.45) is 0. The van der Waals surface area contributed by atoms with Crippen LogP contribution in [0.3, 0.4) is 0 Å². The summed E-state index contributed by atoms with van der Waals surface area (Å²) in [7, 11) is 0. The third kappa shape index (κ3) is 3.58. The Labute approximate surface area is 129 Å². The quantitative estimate of drug-likeness (QED) is 0.895. The van der Waals surface area contributed by atoms with E-state index >= 15 is 0 Å². The Morgan fingerprint density at radius 3 is 2.76 bits per heavy atom. The molecule has 2 N–H and O–H groups in total. The van der Waals surface area contributed by atoms with Gasteiger partial charge in [0.15, 0.2) is 0 Å². The first kappa shape index (κ1) is 15.0. The number of H-pyrrole nitrogens is 1. The minimum absolute atomic E-state index is 0.270. The molecule has 0 bridgehead atoms. The molecule has 0 fully saturated rings. The molecule has 2 rings (SSSR count). The number of pyridine rings is 1. The SMILES string of the molecule is Cc1[nH]c(=O)ccc1C(=O)N[C@@H](C#N)c1cccc(Br)c1. The number of benzene rings is 1. The molecule has 6 heteroatoms. The van der Waals surface area contributed by atoms with Crippen LogP contribution in [0.2, 0.25) is 0 Å². The fourth-order valence-corrected chi connectivity index (χ4v) is 2.33. The van der Waals surface area contributed by atoms with Gasteiger partial charge in [0, 0.05) is 16.2 Å². The van der Waals surface area contributed by atoms with Gasteiger partial charge in [-0.15, -0.1) is 0 Å². The third-order valence-electron chi connectivity index (χ3n) is 2.95. The molecule has 5 nitrogen and oxygen atoms in total. The van der Waals surface area contributed by atoms with Crippen molar-refractivity contribution in [2.45, 2.75) is 13.0 Å². The summed E-state index contributed by atoms with van der Waals surface area (Å²) >= 11 is 3.33. The van der Waals surface area contributed by atoms with E-state index in [0.717, 1.165) is 4.47 Å². The summed E-state index contributed by atoms with van der Waals surface area (Å²) in [4.78, 5) is 25.9. The van der Waals surface area contributed by atoms with Gasteiger partial charge in [-0.25, -0.2) is 0 Å². The molecule has 0 saturated carbocycles. The molecule has 0 aliphatic carbocycles. The maximum atomic E-state index is 12.2. The highest BCUT2D eigenvalue weighted by atomic mass is 79.9. The number of rotatable bonds is 3. The fourth-order valence-electron chi connectivity index (χ4n) is 1.91. The van der Waals surface area contributed by atoms with Crippen molar-refractivity contribution in [3.8, 4) is 6.07 Å². The van der Waals surface area contributed by atoms with Crippen molar-refractivity contribution >= 4 is 21.8 Å². The first-order valence-corrected chi connectivity index (χ1v) is 6.96. The molecule has 1 amide bonds. The Balaban J connectivity index is 2.25. The van der Waals surface area contributed by atoms with Crippen LogP contribution in [-0.2, 0) is 0 Å². The number of halogens is 1. The Morgan fingerprint density at radius 2 is 2.14 bits per heavy atom. The molecule has 0 radical (unpaired) electrons. The zero-order chi connectivity index (χ0) is 15.4. The molecule has 1 aromatic carbocycles. The fraction of sp³-hybridized carbons (Fsp3) is 0.133. The van der Waals surface area contributed by atoms with E-state index in [4.69, 9.17) is 0 Å². The lowest BCUT2D eigenvalue weighted by molar-refractivity contribution is 0.0944. The van der Waals surface area contributed by atoms with E-state index < -0.39 is 11.9 Å². The van der Waals surface area contributed by atoms with Crippen molar-refractivity contribution in [1.29, 1.82) is 5.26 Å². The average Bonchev–Trinajstić information content (AvgIpc) is 2.44. The summed E-state index contributed by atoms with van der Waals surface area (Å²) < 4.78 is 0.828. The summed E-state index contributed by atoms with van der Waals surface area (Å²) in [6.45, 7) is 1.64. The van der Waals surface area contributed by atoms with Gasteiger partial charge in [0.1, 0.15) is 6.04 Å². The van der Waals surface area contributed by atoms with Gasteiger partial charge >= 0.3 is 0 Å². The molecule has 2 aromatic rings. The smallest absolute Gasteiger partial charge is 0.254 e. The number of aryl methyl sites for hydroxylation is 1. The second-order valence-electron chi connectivity index (χ2n) is 4.45. The van der Waals surface area contributed by atoms with Crippen molar-refractivity contribution in [3.05, 3.63) is 68.0 Å². The number of nitrogens with one attached hydrogen (secondary N) is 2. The standard InChI is InChI=1S/C15H12BrN3O2/c1-9-12(5-6-14(20)18-9)15(21)19-13(8-17)10-3-2-4-11(16)7-10/h2-7,13H,1H3,(H,18,20)(H,19,21)/t13-/m0/s1. The summed E-state index contributed by atoms with van der Waals surface area (Å²) in [6, 6.07) is 11.2. The lowest BCUT2D eigenvalue weighted by Gasteiger charge is -2.13. The van der Waals surface area contributed by atoms with Crippen molar-refractivity contribution in [2.24, 2.45) is 0 Å². The van der Waals surface area contributed by atoms with Gasteiger partial charge in [0.25, 0.3) is 5.91 Å². The second-order valence-corrected chi connectivity index (χ2v) is 5.37. The Hall–Kier alpha value is -2.39. The summed E-state index contributed by atoms with van der Waals surface area (Å²) in [5, 5.41) is 11.9. The van der Waals surface area contributed by atoms with E-state index in [2.05, 4.69) is 32.3 Å². The molecule has 0 aliphatic heterocycles. The number of carbonyl (C=O) groups excluding carboxylic acids is 1. The number of nitrogens with zero attached hydrogens (tertiary/aromatic N) is 1. The second kappa shape index (κ2) is 6.37. The van der Waals surface area contributed by atoms with E-state index in [1.807, 2.05) is 6.07 Å². The normalized spacial score (nSPS) is 11.5. The zero-order valence-corrected chi connectivity index (χ0v) is 12.8. The lowest BCUT2D eigenvalue weighted by atomic mass is 10.1. The molecule has 21 heavy (non-hydrogen) atoms. The zero-order valence-electron chi connectivity index (χ0n) is 11.2. The van der Waals surface area contributed by atoms with Gasteiger partial charge in [0.2, 0.25) is 5.56 Å². The van der Waals surface area contributed by atoms with Gasteiger partial charge in [-0.3, -0.25) is 9.59 Å². The molecule has 0 spiro atoms. The molecule has 0 saturated heterocycles. The van der Waals surface area contributed by atoms with Crippen molar-refractivity contribution in [3.63, 3.8) is 0 Å². The molecule has 106 valence electrons. The van der Waals surface area contributed by atoms with Crippen LogP contribution in [0, 0.1) is 18.3 Å². The van der Waals surface area contributed by atoms with E-state index in [9.17, 15) is 14.9 Å². The Kier molecular flexibility index (Phi) is 4.55. The number of nitriles is 1. The van der Waals surface area contributed by atoms with E-state index in [1.54, 1.807) is 25.1 Å². The minimum Gasteiger partial charge on any atom is -0.332 e. The number of carbonyl (C=O) groups is 1. The summed E-state index contributed by atoms with van der Waals surface area (Å²) in [5.41, 5.74) is 1.21. The molecule has 1 aromatic heterocycles. The number of hydrogen-bond acceptors (Lipinski definition) is 3. The Bertz CT molecular complexity index is 777. The monoisotopic (exact) mass is 345 g/mol. The predicted molar refractivity (Wildman–Crippen MR) is 81.8 cm³/mol. The molecular weight excluding hydrogens is 334 g/mol. The number of amides is 1. The van der Waals surface area contributed by atoms with Crippen LogP contribution in [-0.4, -0.2) is 10.9 Å². The first-order valence-electron chi connectivity index (χ1n) is 6.17. The van der Waals surface area contributed by atoms with Crippen LogP contribution in [0.5, 0.6) is 0 Å². The highest BCUT2D eigenvalue weighted by molar-refractivity contribution is 9.10. The molecular formula is C15H12BrN3O2. The summed E-state index contributed by atoms with van der Waals surface area (Å²) in [5.74, 6) is -0.407. The third-order valence-corrected chi connectivity index (χ3v) is 3.44. The largest absolute Gasteiger partial charge is 0.332 e. The van der Waals surface area contributed by atoms with Gasteiger partial charge in [0.05, 0.1) is 11.6 Å². The average molecular weight is 346 g/mol. The van der Waals surface area contributed by atoms with Gasteiger partial charge < -0.3 is 10.3 Å². The predicted octanol–water partition coefficient (Wildman–Crippen LogP) is 2.44. The maximum Gasteiger partial charge on any atom is 0.254 e. The van der Waals surface area contributed by atoms with Crippen molar-refractivity contribution in [1.82, 2.24) is 10.3 Å². The number of hydrogen-bond donors (Lipinski definition) is 2. The van der Waals surface area contributed by atoms with E-state index in [0.29, 0.717) is 16.8 Å². The minimum atomic E-state index is -0.763. The van der Waals surface area contributed by atoms with Crippen molar-refractivity contribution in [2.75, 3.05) is 0 Å². The number of aromatic nitrogens is 1. The lowest BCUT2D eigenvalue weighted by Crippen LogP contribution is -2.29. The van der Waals surface area contributed by atoms with Crippen LogP contribution >= 0.6 is 15.9 Å². The maximum absolute atomic E-state index is 12.2. The van der Waals surface area contributed by atoms with E-state index in [1.165, 1.54) is 12.1 Å². The molecule has 0 unspecified atom stereocenters. The van der Waals surface area contributed by atoms with E-state index in [-0.39, 0.29) is 5.56 Å². The Morgan fingerprint density at radius 1 is 1.38 bits per heavy atom. The molecule has 1 heterocycles. The molecule has 1 atom stereocenters. The van der Waals surface area contributed by atoms with Gasteiger partial charge in [-0.05, 0) is 30.7 Å². The van der Waals surface area contributed by atoms with Gasteiger partial charge in [-0.2, -0.15) is 5.26 Å². The highest BCUT2D eigenvalue weighted by Gasteiger charge is 2.17. The highest BCUT2D eigenvalue weighted by Crippen LogP contribution is 2.18.